The van der Waals surface area contributed by atoms with Crippen molar-refractivity contribution >= 4 is 62.7 Å². The quantitative estimate of drug-likeness (QED) is 0.353. The van der Waals surface area contributed by atoms with Gasteiger partial charge in [-0.25, -0.2) is 3.11 Å². The molecule has 0 N–H and O–H groups in total. The van der Waals surface area contributed by atoms with Crippen LogP contribution in [0.4, 0.5) is 11.4 Å². The summed E-state index contributed by atoms with van der Waals surface area (Å²) in [5.74, 6) is -0.672. The standard InChI is InChI=1S/C22H22IN3O3/c1-22(2)11-4-12-24(22)15-8-7-14-19-13(15)5-3-6-16(19)25(20(14)28)17-9-10-18(27)26(23)21(17)29/h3,5-8,17H,4,9-12H2,1-2H3. The van der Waals surface area contributed by atoms with Gasteiger partial charge in [-0.2, -0.15) is 0 Å². The second kappa shape index (κ2) is 6.42. The number of benzene rings is 2. The summed E-state index contributed by atoms with van der Waals surface area (Å²) in [6.07, 6.45) is 2.91. The summed E-state index contributed by atoms with van der Waals surface area (Å²) in [6, 6.07) is 9.25. The maximum atomic E-state index is 13.3. The fourth-order valence-corrected chi connectivity index (χ4v) is 5.63. The minimum Gasteiger partial charge on any atom is -0.366 e. The molecule has 0 aromatic heterocycles. The number of imide groups is 1. The van der Waals surface area contributed by atoms with Crippen molar-refractivity contribution in [1.82, 2.24) is 3.11 Å². The number of nitrogens with zero attached hydrogens (tertiary/aromatic N) is 3. The van der Waals surface area contributed by atoms with Gasteiger partial charge in [-0.15, -0.1) is 0 Å². The van der Waals surface area contributed by atoms with Crippen LogP contribution in [0.5, 0.6) is 0 Å². The van der Waals surface area contributed by atoms with E-state index >= 15 is 0 Å². The van der Waals surface area contributed by atoms with Gasteiger partial charge in [0.25, 0.3) is 11.8 Å². The number of hydrogen-bond acceptors (Lipinski definition) is 4. The molecule has 0 bridgehead atoms. The summed E-state index contributed by atoms with van der Waals surface area (Å²) in [4.78, 5) is 42.1. The van der Waals surface area contributed by atoms with Gasteiger partial charge < -0.3 is 4.90 Å². The summed E-state index contributed by atoms with van der Waals surface area (Å²) in [5.41, 5.74) is 2.63. The molecule has 2 aromatic rings. The fraction of sp³-hybridized carbons (Fsp3) is 0.409. The third-order valence-electron chi connectivity index (χ3n) is 6.54. The van der Waals surface area contributed by atoms with Gasteiger partial charge in [0.2, 0.25) is 5.91 Å². The molecule has 3 amide bonds. The highest BCUT2D eigenvalue weighted by molar-refractivity contribution is 14.1. The van der Waals surface area contributed by atoms with E-state index in [2.05, 4.69) is 24.8 Å². The van der Waals surface area contributed by atoms with Crippen LogP contribution in [-0.2, 0) is 9.59 Å². The minimum atomic E-state index is -0.637. The maximum absolute atomic E-state index is 13.3. The van der Waals surface area contributed by atoms with Crippen LogP contribution in [-0.4, -0.2) is 39.0 Å². The van der Waals surface area contributed by atoms with Crippen molar-refractivity contribution in [2.24, 2.45) is 0 Å². The zero-order valence-electron chi connectivity index (χ0n) is 16.4. The van der Waals surface area contributed by atoms with Crippen molar-refractivity contribution in [2.75, 3.05) is 16.3 Å². The Hall–Kier alpha value is -2.16. The molecule has 0 spiro atoms. The predicted molar refractivity (Wildman–Crippen MR) is 120 cm³/mol. The summed E-state index contributed by atoms with van der Waals surface area (Å²) in [7, 11) is 0. The molecule has 3 heterocycles. The largest absolute Gasteiger partial charge is 0.366 e. The SMILES string of the molecule is CC1(C)CCCN1c1ccc2c3c(cccc13)N(C1CCC(=O)N(I)C1=O)C2=O. The van der Waals surface area contributed by atoms with Gasteiger partial charge in [0.15, 0.2) is 0 Å². The van der Waals surface area contributed by atoms with Gasteiger partial charge in [-0.1, -0.05) is 12.1 Å². The van der Waals surface area contributed by atoms with E-state index in [1.807, 2.05) is 24.3 Å². The molecule has 2 fully saturated rings. The van der Waals surface area contributed by atoms with Gasteiger partial charge in [0.1, 0.15) is 6.04 Å². The van der Waals surface area contributed by atoms with Crippen LogP contribution in [0.25, 0.3) is 10.8 Å². The Morgan fingerprint density at radius 1 is 1.07 bits per heavy atom. The third-order valence-corrected chi connectivity index (χ3v) is 7.55. The molecule has 3 aliphatic rings. The molecule has 150 valence electrons. The molecule has 0 radical (unpaired) electrons. The Morgan fingerprint density at radius 2 is 1.86 bits per heavy atom. The summed E-state index contributed by atoms with van der Waals surface area (Å²) >= 11 is 1.75. The zero-order valence-corrected chi connectivity index (χ0v) is 18.6. The lowest BCUT2D eigenvalue weighted by molar-refractivity contribution is -0.140. The number of carbonyl (C=O) groups is 3. The molecular weight excluding hydrogens is 481 g/mol. The second-order valence-electron chi connectivity index (χ2n) is 8.64. The minimum absolute atomic E-state index is 0.0730. The van der Waals surface area contributed by atoms with Crippen molar-refractivity contribution < 1.29 is 14.4 Å². The summed E-state index contributed by atoms with van der Waals surface area (Å²) in [6.45, 7) is 5.51. The van der Waals surface area contributed by atoms with Crippen LogP contribution in [0.1, 0.15) is 49.9 Å². The summed E-state index contributed by atoms with van der Waals surface area (Å²) in [5, 5.41) is 1.97. The fourth-order valence-electron chi connectivity index (χ4n) is 5.06. The Labute approximate surface area is 183 Å². The lowest BCUT2D eigenvalue weighted by Gasteiger charge is -2.34. The molecule has 0 saturated carbocycles. The molecule has 6 nitrogen and oxygen atoms in total. The Kier molecular flexibility index (Phi) is 4.17. The van der Waals surface area contributed by atoms with Crippen LogP contribution < -0.4 is 9.80 Å². The first-order valence-electron chi connectivity index (χ1n) is 10.0. The van der Waals surface area contributed by atoms with E-state index in [0.29, 0.717) is 12.0 Å². The van der Waals surface area contributed by atoms with Gasteiger partial charge in [0.05, 0.1) is 34.1 Å². The van der Waals surface area contributed by atoms with E-state index in [1.165, 1.54) is 0 Å². The molecule has 29 heavy (non-hydrogen) atoms. The van der Waals surface area contributed by atoms with E-state index in [1.54, 1.807) is 27.8 Å². The van der Waals surface area contributed by atoms with E-state index in [-0.39, 0.29) is 29.7 Å². The number of amides is 3. The van der Waals surface area contributed by atoms with Crippen LogP contribution >= 0.6 is 22.9 Å². The van der Waals surface area contributed by atoms with Gasteiger partial charge in [-0.05, 0) is 51.3 Å². The van der Waals surface area contributed by atoms with Crippen molar-refractivity contribution in [3.63, 3.8) is 0 Å². The molecule has 0 aliphatic carbocycles. The number of hydrogen-bond donors (Lipinski definition) is 0. The van der Waals surface area contributed by atoms with Crippen molar-refractivity contribution in [2.45, 2.75) is 51.1 Å². The van der Waals surface area contributed by atoms with Crippen LogP contribution in [0.3, 0.4) is 0 Å². The molecule has 7 heteroatoms. The number of rotatable bonds is 2. The number of anilines is 2. The number of piperidine rings is 1. The van der Waals surface area contributed by atoms with Gasteiger partial charge in [-0.3, -0.25) is 19.3 Å². The number of carbonyl (C=O) groups excluding carboxylic acids is 3. The molecule has 2 aromatic carbocycles. The Balaban J connectivity index is 1.65. The van der Waals surface area contributed by atoms with Crippen molar-refractivity contribution in [3.8, 4) is 0 Å². The molecule has 3 aliphatic heterocycles. The highest BCUT2D eigenvalue weighted by Crippen LogP contribution is 2.45. The highest BCUT2D eigenvalue weighted by atomic mass is 127. The zero-order chi connectivity index (χ0) is 20.5. The van der Waals surface area contributed by atoms with Gasteiger partial charge >= 0.3 is 0 Å². The van der Waals surface area contributed by atoms with E-state index in [9.17, 15) is 14.4 Å². The van der Waals surface area contributed by atoms with Gasteiger partial charge in [0, 0.05) is 35.0 Å². The third kappa shape index (κ3) is 2.62. The predicted octanol–water partition coefficient (Wildman–Crippen LogP) is 4.05. The maximum Gasteiger partial charge on any atom is 0.261 e. The smallest absolute Gasteiger partial charge is 0.261 e. The van der Waals surface area contributed by atoms with Crippen LogP contribution in [0.15, 0.2) is 30.3 Å². The average Bonchev–Trinajstić information content (AvgIpc) is 3.19. The Bertz CT molecular complexity index is 1080. The van der Waals surface area contributed by atoms with Crippen LogP contribution in [0.2, 0.25) is 0 Å². The Morgan fingerprint density at radius 3 is 2.59 bits per heavy atom. The number of halogens is 1. The second-order valence-corrected chi connectivity index (χ2v) is 9.61. The molecule has 1 unspecified atom stereocenters. The van der Waals surface area contributed by atoms with E-state index < -0.39 is 6.04 Å². The first kappa shape index (κ1) is 18.8. The summed E-state index contributed by atoms with van der Waals surface area (Å²) < 4.78 is 1.13. The molecular formula is C22H22IN3O3. The lowest BCUT2D eigenvalue weighted by Crippen LogP contribution is -2.52. The average molecular weight is 503 g/mol. The highest BCUT2D eigenvalue weighted by Gasteiger charge is 2.44. The topological polar surface area (TPSA) is 60.9 Å². The molecule has 2 saturated heterocycles. The first-order chi connectivity index (χ1) is 13.8. The van der Waals surface area contributed by atoms with E-state index in [4.69, 9.17) is 0 Å². The van der Waals surface area contributed by atoms with Crippen LogP contribution in [0, 0.1) is 0 Å². The normalized spacial score (nSPS) is 23.6. The first-order valence-corrected chi connectivity index (χ1v) is 11.0. The van der Waals surface area contributed by atoms with Crippen molar-refractivity contribution in [3.05, 3.63) is 35.9 Å². The van der Waals surface area contributed by atoms with E-state index in [0.717, 1.165) is 44.6 Å². The monoisotopic (exact) mass is 503 g/mol. The molecule has 5 rings (SSSR count). The van der Waals surface area contributed by atoms with Crippen molar-refractivity contribution in [1.29, 1.82) is 0 Å². The molecule has 1 atom stereocenters. The lowest BCUT2D eigenvalue weighted by atomic mass is 9.98.